The molecule has 0 saturated carbocycles. The fraction of sp³-hybridized carbons (Fsp3) is 0.250. The van der Waals surface area contributed by atoms with Gasteiger partial charge in [0.1, 0.15) is 4.92 Å². The molecule has 8 heteroatoms. The largest absolute Gasteiger partial charge is 0.433 e. The van der Waals surface area contributed by atoms with Crippen LogP contribution in [-0.2, 0) is 0 Å². The Balaban J connectivity index is 2.42. The summed E-state index contributed by atoms with van der Waals surface area (Å²) < 4.78 is 6.66. The quantitative estimate of drug-likeness (QED) is 0.601. The summed E-state index contributed by atoms with van der Waals surface area (Å²) in [4.78, 5) is 9.87. The molecular weight excluding hydrogens is 232 g/mol. The van der Waals surface area contributed by atoms with Crippen LogP contribution in [0.15, 0.2) is 16.5 Å². The molecule has 2 rings (SSSR count). The minimum absolute atomic E-state index is 0.298. The first-order valence-corrected chi connectivity index (χ1v) is 5.53. The molecule has 0 spiro atoms. The molecule has 0 amide bonds. The highest BCUT2D eigenvalue weighted by molar-refractivity contribution is 7.97. The van der Waals surface area contributed by atoms with Crippen LogP contribution in [0.1, 0.15) is 5.69 Å². The Morgan fingerprint density at radius 3 is 2.81 bits per heavy atom. The maximum Gasteiger partial charge on any atom is 0.433 e. The summed E-state index contributed by atoms with van der Waals surface area (Å²) in [5.74, 6) is 0.0533. The SMILES string of the molecule is CSn1nnc(-c2ccc([N+](=O)[O-])o2)c1C. The molecule has 0 radical (unpaired) electrons. The molecule has 0 atom stereocenters. The Labute approximate surface area is 94.7 Å². The summed E-state index contributed by atoms with van der Waals surface area (Å²) in [5.41, 5.74) is 1.30. The highest BCUT2D eigenvalue weighted by Gasteiger charge is 2.18. The molecule has 0 bridgehead atoms. The first-order chi connectivity index (χ1) is 7.63. The monoisotopic (exact) mass is 240 g/mol. The van der Waals surface area contributed by atoms with Crippen LogP contribution < -0.4 is 0 Å². The number of aromatic nitrogens is 3. The minimum Gasteiger partial charge on any atom is -0.399 e. The maximum atomic E-state index is 10.5. The van der Waals surface area contributed by atoms with Gasteiger partial charge in [0.25, 0.3) is 0 Å². The summed E-state index contributed by atoms with van der Waals surface area (Å²) in [6.07, 6.45) is 1.86. The third kappa shape index (κ3) is 1.67. The lowest BCUT2D eigenvalue weighted by Crippen LogP contribution is -1.89. The van der Waals surface area contributed by atoms with Crippen LogP contribution in [0.25, 0.3) is 11.5 Å². The second-order valence-electron chi connectivity index (χ2n) is 2.97. The van der Waals surface area contributed by atoms with Gasteiger partial charge in [-0.2, -0.15) is 4.09 Å². The van der Waals surface area contributed by atoms with E-state index in [-0.39, 0.29) is 5.88 Å². The Kier molecular flexibility index (Phi) is 2.65. The summed E-state index contributed by atoms with van der Waals surface area (Å²) >= 11 is 1.39. The van der Waals surface area contributed by atoms with Crippen molar-refractivity contribution in [1.82, 2.24) is 14.4 Å². The molecule has 0 aliphatic heterocycles. The molecule has 0 aromatic carbocycles. The number of hydrogen-bond donors (Lipinski definition) is 0. The Morgan fingerprint density at radius 2 is 2.31 bits per heavy atom. The Morgan fingerprint density at radius 1 is 1.56 bits per heavy atom. The van der Waals surface area contributed by atoms with E-state index in [0.717, 1.165) is 5.69 Å². The number of hydrogen-bond acceptors (Lipinski definition) is 6. The average Bonchev–Trinajstić information content (AvgIpc) is 2.83. The summed E-state index contributed by atoms with van der Waals surface area (Å²) in [5, 5.41) is 18.2. The van der Waals surface area contributed by atoms with Crippen LogP contribution in [-0.4, -0.2) is 25.6 Å². The first kappa shape index (κ1) is 10.7. The second-order valence-corrected chi connectivity index (χ2v) is 3.68. The Hall–Kier alpha value is -1.83. The van der Waals surface area contributed by atoms with Crippen LogP contribution in [0, 0.1) is 17.0 Å². The van der Waals surface area contributed by atoms with Crippen molar-refractivity contribution in [3.63, 3.8) is 0 Å². The zero-order valence-electron chi connectivity index (χ0n) is 8.58. The first-order valence-electron chi connectivity index (χ1n) is 4.35. The number of nitrogens with zero attached hydrogens (tertiary/aromatic N) is 4. The van der Waals surface area contributed by atoms with Crippen LogP contribution in [0.3, 0.4) is 0 Å². The summed E-state index contributed by atoms with van der Waals surface area (Å²) in [7, 11) is 0. The number of rotatable bonds is 3. The molecule has 0 unspecified atom stereocenters. The van der Waals surface area contributed by atoms with Crippen LogP contribution >= 0.6 is 11.9 Å². The molecule has 7 nitrogen and oxygen atoms in total. The summed E-state index contributed by atoms with van der Waals surface area (Å²) in [6, 6.07) is 2.81. The predicted octanol–water partition coefficient (Wildman–Crippen LogP) is 1.88. The molecule has 2 aromatic rings. The topological polar surface area (TPSA) is 87.0 Å². The highest BCUT2D eigenvalue weighted by Crippen LogP contribution is 2.27. The van der Waals surface area contributed by atoms with Crippen LogP contribution in [0.5, 0.6) is 0 Å². The third-order valence-electron chi connectivity index (χ3n) is 2.03. The van der Waals surface area contributed by atoms with Crippen molar-refractivity contribution in [2.75, 3.05) is 6.26 Å². The molecule has 84 valence electrons. The smallest absolute Gasteiger partial charge is 0.399 e. The van der Waals surface area contributed by atoms with Gasteiger partial charge in [0, 0.05) is 6.26 Å². The van der Waals surface area contributed by atoms with Crippen molar-refractivity contribution in [2.45, 2.75) is 6.92 Å². The van der Waals surface area contributed by atoms with Crippen LogP contribution in [0.2, 0.25) is 0 Å². The Bertz CT molecular complexity index is 533. The van der Waals surface area contributed by atoms with Gasteiger partial charge < -0.3 is 4.42 Å². The van der Waals surface area contributed by atoms with Gasteiger partial charge in [-0.3, -0.25) is 10.1 Å². The van der Waals surface area contributed by atoms with E-state index < -0.39 is 4.92 Å². The molecule has 2 aromatic heterocycles. The zero-order valence-corrected chi connectivity index (χ0v) is 9.39. The fourth-order valence-corrected chi connectivity index (χ4v) is 1.74. The predicted molar refractivity (Wildman–Crippen MR) is 58.0 cm³/mol. The zero-order chi connectivity index (χ0) is 11.7. The average molecular weight is 240 g/mol. The summed E-state index contributed by atoms with van der Waals surface area (Å²) in [6.45, 7) is 1.82. The van der Waals surface area contributed by atoms with E-state index in [0.29, 0.717) is 11.5 Å². The van der Waals surface area contributed by atoms with E-state index >= 15 is 0 Å². The van der Waals surface area contributed by atoms with Gasteiger partial charge in [-0.15, -0.1) is 5.10 Å². The van der Waals surface area contributed by atoms with Crippen molar-refractivity contribution in [1.29, 1.82) is 0 Å². The maximum absolute atomic E-state index is 10.5. The standard InChI is InChI=1S/C8H8N4O3S/c1-5-8(9-10-11(5)16-2)6-3-4-7(15-6)12(13)14/h3-4H,1-2H3. The highest BCUT2D eigenvalue weighted by atomic mass is 32.2. The lowest BCUT2D eigenvalue weighted by atomic mass is 10.3. The molecule has 0 aliphatic rings. The molecule has 0 fully saturated rings. The molecule has 16 heavy (non-hydrogen) atoms. The van der Waals surface area contributed by atoms with Gasteiger partial charge in [0.05, 0.1) is 11.8 Å². The minimum atomic E-state index is -0.585. The van der Waals surface area contributed by atoms with Gasteiger partial charge in [0.2, 0.25) is 0 Å². The van der Waals surface area contributed by atoms with Crippen LogP contribution in [0.4, 0.5) is 5.88 Å². The van der Waals surface area contributed by atoms with Gasteiger partial charge >= 0.3 is 5.88 Å². The molecule has 2 heterocycles. The van der Waals surface area contributed by atoms with E-state index in [2.05, 4.69) is 10.3 Å². The van der Waals surface area contributed by atoms with Gasteiger partial charge in [-0.05, 0) is 24.9 Å². The van der Waals surface area contributed by atoms with Gasteiger partial charge in [0.15, 0.2) is 11.5 Å². The van der Waals surface area contributed by atoms with Gasteiger partial charge in [-0.1, -0.05) is 5.21 Å². The van der Waals surface area contributed by atoms with Crippen molar-refractivity contribution in [2.24, 2.45) is 0 Å². The molecule has 0 saturated heterocycles. The van der Waals surface area contributed by atoms with Crippen molar-refractivity contribution >= 4 is 17.8 Å². The van der Waals surface area contributed by atoms with Crippen molar-refractivity contribution in [3.05, 3.63) is 27.9 Å². The van der Waals surface area contributed by atoms with Gasteiger partial charge in [-0.25, -0.2) is 0 Å². The van der Waals surface area contributed by atoms with Crippen molar-refractivity contribution < 1.29 is 9.34 Å². The molecule has 0 N–H and O–H groups in total. The lowest BCUT2D eigenvalue weighted by Gasteiger charge is -1.95. The lowest BCUT2D eigenvalue weighted by molar-refractivity contribution is -0.401. The fourth-order valence-electron chi connectivity index (χ4n) is 1.27. The van der Waals surface area contributed by atoms with E-state index in [4.69, 9.17) is 4.42 Å². The molecular formula is C8H8N4O3S. The molecule has 0 aliphatic carbocycles. The number of furan rings is 1. The van der Waals surface area contributed by atoms with Crippen molar-refractivity contribution in [3.8, 4) is 11.5 Å². The van der Waals surface area contributed by atoms with E-state index in [1.807, 2.05) is 13.2 Å². The number of nitro groups is 1. The second kappa shape index (κ2) is 3.97. The normalized spacial score (nSPS) is 10.6. The van der Waals surface area contributed by atoms with E-state index in [9.17, 15) is 10.1 Å². The third-order valence-corrected chi connectivity index (χ3v) is 2.73. The van der Waals surface area contributed by atoms with E-state index in [1.165, 1.54) is 24.1 Å². The van der Waals surface area contributed by atoms with E-state index in [1.54, 1.807) is 4.09 Å².